The molecule has 0 aliphatic carbocycles. The fraction of sp³-hybridized carbons (Fsp3) is 0.300. The van der Waals surface area contributed by atoms with Gasteiger partial charge >= 0.3 is 0 Å². The molecule has 1 aromatic rings. The fourth-order valence-electron chi connectivity index (χ4n) is 1.10. The summed E-state index contributed by atoms with van der Waals surface area (Å²) < 4.78 is 0. The van der Waals surface area contributed by atoms with Crippen LogP contribution in [0, 0.1) is 17.2 Å². The van der Waals surface area contributed by atoms with Crippen LogP contribution in [0.5, 0.6) is 0 Å². The molecule has 0 aromatic heterocycles. The molecule has 0 radical (unpaired) electrons. The molecule has 0 aliphatic rings. The van der Waals surface area contributed by atoms with Crippen molar-refractivity contribution in [3.05, 3.63) is 29.8 Å². The third-order valence-electron chi connectivity index (χ3n) is 1.80. The van der Waals surface area contributed by atoms with Crippen LogP contribution >= 0.6 is 0 Å². The summed E-state index contributed by atoms with van der Waals surface area (Å²) in [6.07, 6.45) is 0.739. The Hall–Kier alpha value is -1.49. The molecular weight excluding hydrogens is 148 g/mol. The van der Waals surface area contributed by atoms with Gasteiger partial charge in [0.15, 0.2) is 0 Å². The van der Waals surface area contributed by atoms with E-state index in [1.165, 1.54) is 0 Å². The molecule has 62 valence electrons. The lowest BCUT2D eigenvalue weighted by Gasteiger charge is -2.05. The van der Waals surface area contributed by atoms with Gasteiger partial charge in [-0.3, -0.25) is 0 Å². The topological polar surface area (TPSA) is 49.8 Å². The van der Waals surface area contributed by atoms with Crippen LogP contribution in [-0.2, 0) is 6.42 Å². The molecule has 1 unspecified atom stereocenters. The second kappa shape index (κ2) is 3.77. The molecule has 0 saturated heterocycles. The van der Waals surface area contributed by atoms with Gasteiger partial charge in [0.05, 0.1) is 6.07 Å². The summed E-state index contributed by atoms with van der Waals surface area (Å²) >= 11 is 0. The number of hydrogen-bond acceptors (Lipinski definition) is 2. The monoisotopic (exact) mass is 160 g/mol. The Balaban J connectivity index is 2.77. The zero-order valence-electron chi connectivity index (χ0n) is 7.12. The summed E-state index contributed by atoms with van der Waals surface area (Å²) in [6, 6.07) is 9.85. The van der Waals surface area contributed by atoms with E-state index in [9.17, 15) is 0 Å². The molecule has 0 amide bonds. The Kier molecular flexibility index (Phi) is 2.71. The van der Waals surface area contributed by atoms with Gasteiger partial charge in [-0.05, 0) is 25.0 Å². The highest BCUT2D eigenvalue weighted by molar-refractivity contribution is 5.46. The number of nitriles is 1. The number of anilines is 1. The molecule has 0 heterocycles. The van der Waals surface area contributed by atoms with Crippen LogP contribution in [0.2, 0.25) is 0 Å². The van der Waals surface area contributed by atoms with Crippen molar-refractivity contribution >= 4 is 5.69 Å². The van der Waals surface area contributed by atoms with E-state index in [2.05, 4.69) is 6.07 Å². The quantitative estimate of drug-likeness (QED) is 0.672. The normalized spacial score (nSPS) is 12.0. The highest BCUT2D eigenvalue weighted by atomic mass is 14.6. The van der Waals surface area contributed by atoms with Crippen LogP contribution in [0.15, 0.2) is 24.3 Å². The smallest absolute Gasteiger partial charge is 0.0656 e. The van der Waals surface area contributed by atoms with E-state index in [1.54, 1.807) is 0 Å². The van der Waals surface area contributed by atoms with Crippen LogP contribution in [0.3, 0.4) is 0 Å². The summed E-state index contributed by atoms with van der Waals surface area (Å²) in [7, 11) is 0. The highest BCUT2D eigenvalue weighted by Crippen LogP contribution is 2.14. The maximum atomic E-state index is 8.60. The Bertz CT molecular complexity index is 299. The van der Waals surface area contributed by atoms with Crippen LogP contribution in [-0.4, -0.2) is 0 Å². The minimum atomic E-state index is 0.0368. The highest BCUT2D eigenvalue weighted by Gasteiger charge is 2.03. The molecule has 12 heavy (non-hydrogen) atoms. The van der Waals surface area contributed by atoms with E-state index in [-0.39, 0.29) is 5.92 Å². The molecule has 0 saturated carbocycles. The average molecular weight is 160 g/mol. The standard InChI is InChI=1S/C10H12N2/c1-8(7-11)6-9-4-2-3-5-10(9)12/h2-5,8H,6,12H2,1H3. The van der Waals surface area contributed by atoms with Crippen molar-refractivity contribution < 1.29 is 0 Å². The van der Waals surface area contributed by atoms with Crippen molar-refractivity contribution in [3.63, 3.8) is 0 Å². The number of hydrogen-bond donors (Lipinski definition) is 1. The SMILES string of the molecule is CC(C#N)Cc1ccccc1N. The summed E-state index contributed by atoms with van der Waals surface area (Å²) in [5, 5.41) is 8.60. The number of rotatable bonds is 2. The van der Waals surface area contributed by atoms with Gasteiger partial charge in [0, 0.05) is 11.6 Å². The first-order valence-corrected chi connectivity index (χ1v) is 3.97. The lowest BCUT2D eigenvalue weighted by Crippen LogP contribution is -1.99. The number of nitrogens with two attached hydrogens (primary N) is 1. The Morgan fingerprint density at radius 1 is 1.50 bits per heavy atom. The van der Waals surface area contributed by atoms with Gasteiger partial charge in [0.2, 0.25) is 0 Å². The van der Waals surface area contributed by atoms with Crippen molar-refractivity contribution in [2.75, 3.05) is 5.73 Å². The summed E-state index contributed by atoms with van der Waals surface area (Å²) in [6.45, 7) is 1.90. The van der Waals surface area contributed by atoms with E-state index in [1.807, 2.05) is 31.2 Å². The largest absolute Gasteiger partial charge is 0.399 e. The molecule has 1 aromatic carbocycles. The van der Waals surface area contributed by atoms with E-state index in [0.29, 0.717) is 0 Å². The van der Waals surface area contributed by atoms with E-state index >= 15 is 0 Å². The van der Waals surface area contributed by atoms with Gasteiger partial charge in [0.25, 0.3) is 0 Å². The first-order valence-electron chi connectivity index (χ1n) is 3.97. The Morgan fingerprint density at radius 2 is 2.17 bits per heavy atom. The van der Waals surface area contributed by atoms with Crippen molar-refractivity contribution in [3.8, 4) is 6.07 Å². The van der Waals surface area contributed by atoms with Crippen LogP contribution in [0.4, 0.5) is 5.69 Å². The predicted molar refractivity (Wildman–Crippen MR) is 49.3 cm³/mol. The number of benzene rings is 1. The second-order valence-electron chi connectivity index (χ2n) is 2.93. The van der Waals surface area contributed by atoms with Gasteiger partial charge in [0.1, 0.15) is 0 Å². The van der Waals surface area contributed by atoms with Gasteiger partial charge in [-0.2, -0.15) is 5.26 Å². The van der Waals surface area contributed by atoms with E-state index in [4.69, 9.17) is 11.0 Å². The first-order chi connectivity index (χ1) is 5.74. The summed E-state index contributed by atoms with van der Waals surface area (Å²) in [5.74, 6) is 0.0368. The predicted octanol–water partition coefficient (Wildman–Crippen LogP) is 1.97. The molecule has 1 atom stereocenters. The zero-order chi connectivity index (χ0) is 8.97. The lowest BCUT2D eigenvalue weighted by molar-refractivity contribution is 0.740. The maximum Gasteiger partial charge on any atom is 0.0656 e. The minimum Gasteiger partial charge on any atom is -0.399 e. The second-order valence-corrected chi connectivity index (χ2v) is 2.93. The van der Waals surface area contributed by atoms with Crippen molar-refractivity contribution in [1.82, 2.24) is 0 Å². The Labute approximate surface area is 72.6 Å². The summed E-state index contributed by atoms with van der Waals surface area (Å²) in [4.78, 5) is 0. The van der Waals surface area contributed by atoms with Gasteiger partial charge < -0.3 is 5.73 Å². The van der Waals surface area contributed by atoms with E-state index in [0.717, 1.165) is 17.7 Å². The van der Waals surface area contributed by atoms with Gasteiger partial charge in [-0.1, -0.05) is 18.2 Å². The first kappa shape index (κ1) is 8.61. The third kappa shape index (κ3) is 2.00. The Morgan fingerprint density at radius 3 is 2.75 bits per heavy atom. The molecular formula is C10H12N2. The average Bonchev–Trinajstić information content (AvgIpc) is 2.09. The number of nitrogens with zero attached hydrogens (tertiary/aromatic N) is 1. The van der Waals surface area contributed by atoms with Crippen molar-refractivity contribution in [2.45, 2.75) is 13.3 Å². The zero-order valence-corrected chi connectivity index (χ0v) is 7.12. The minimum absolute atomic E-state index is 0.0368. The van der Waals surface area contributed by atoms with Crippen LogP contribution in [0.25, 0.3) is 0 Å². The molecule has 0 aliphatic heterocycles. The van der Waals surface area contributed by atoms with Gasteiger partial charge in [-0.25, -0.2) is 0 Å². The molecule has 0 bridgehead atoms. The van der Waals surface area contributed by atoms with Crippen LogP contribution in [0.1, 0.15) is 12.5 Å². The molecule has 0 fully saturated rings. The van der Waals surface area contributed by atoms with E-state index < -0.39 is 0 Å². The molecule has 2 nitrogen and oxygen atoms in total. The third-order valence-corrected chi connectivity index (χ3v) is 1.80. The summed E-state index contributed by atoms with van der Waals surface area (Å²) in [5.41, 5.74) is 7.55. The molecule has 2 heteroatoms. The molecule has 2 N–H and O–H groups in total. The van der Waals surface area contributed by atoms with Crippen LogP contribution < -0.4 is 5.73 Å². The molecule has 1 rings (SSSR count). The van der Waals surface area contributed by atoms with Crippen molar-refractivity contribution in [2.24, 2.45) is 5.92 Å². The van der Waals surface area contributed by atoms with Gasteiger partial charge in [-0.15, -0.1) is 0 Å². The van der Waals surface area contributed by atoms with Crippen molar-refractivity contribution in [1.29, 1.82) is 5.26 Å². The maximum absolute atomic E-state index is 8.60. The number of nitrogen functional groups attached to an aromatic ring is 1. The number of para-hydroxylation sites is 1. The fourth-order valence-corrected chi connectivity index (χ4v) is 1.10. The molecule has 0 spiro atoms. The lowest BCUT2D eigenvalue weighted by atomic mass is 10.0.